The number of aryl methyl sites for hydroxylation is 1. The van der Waals surface area contributed by atoms with Crippen molar-refractivity contribution in [3.63, 3.8) is 0 Å². The van der Waals surface area contributed by atoms with E-state index in [1.165, 1.54) is 10.4 Å². The highest BCUT2D eigenvalue weighted by Gasteiger charge is 2.28. The smallest absolute Gasteiger partial charge is 0.292 e. The average Bonchev–Trinajstić information content (AvgIpc) is 2.93. The van der Waals surface area contributed by atoms with Crippen molar-refractivity contribution in [2.75, 3.05) is 21.9 Å². The predicted octanol–water partition coefficient (Wildman–Crippen LogP) is 3.06. The molecule has 0 radical (unpaired) electrons. The normalized spacial score (nSPS) is 16.0. The van der Waals surface area contributed by atoms with Crippen LogP contribution in [0.5, 0.6) is 0 Å². The van der Waals surface area contributed by atoms with Crippen LogP contribution in [0.3, 0.4) is 0 Å². The number of nitro benzene ring substituents is 1. The Balaban J connectivity index is 1.82. The summed E-state index contributed by atoms with van der Waals surface area (Å²) in [5.74, 6) is 0.172. The predicted molar refractivity (Wildman–Crippen MR) is 97.4 cm³/mol. The zero-order valence-electron chi connectivity index (χ0n) is 13.8. The number of rotatable bonds is 5. The van der Waals surface area contributed by atoms with Crippen molar-refractivity contribution in [1.82, 2.24) is 0 Å². The molecule has 8 heteroatoms. The summed E-state index contributed by atoms with van der Waals surface area (Å²) in [6, 6.07) is 12.2. The molecule has 132 valence electrons. The topological polar surface area (TPSA) is 92.6 Å². The molecular weight excluding hydrogens is 342 g/mol. The van der Waals surface area contributed by atoms with E-state index in [1.807, 2.05) is 19.1 Å². The maximum absolute atomic E-state index is 12.1. The molecule has 1 saturated heterocycles. The number of nitrogens with zero attached hydrogens (tertiary/aromatic N) is 2. The van der Waals surface area contributed by atoms with Crippen molar-refractivity contribution in [3.8, 4) is 0 Å². The van der Waals surface area contributed by atoms with E-state index in [2.05, 4.69) is 5.32 Å². The third kappa shape index (κ3) is 3.58. The first-order valence-electron chi connectivity index (χ1n) is 7.96. The molecule has 25 heavy (non-hydrogen) atoms. The van der Waals surface area contributed by atoms with Crippen LogP contribution in [0.1, 0.15) is 17.5 Å². The first-order chi connectivity index (χ1) is 11.9. The van der Waals surface area contributed by atoms with Gasteiger partial charge in [-0.25, -0.2) is 8.42 Å². The van der Waals surface area contributed by atoms with E-state index in [4.69, 9.17) is 0 Å². The Hall–Kier alpha value is -2.61. The molecular formula is C17H19N3O4S. The molecule has 0 saturated carbocycles. The van der Waals surface area contributed by atoms with Crippen LogP contribution in [0.15, 0.2) is 42.5 Å². The van der Waals surface area contributed by atoms with Gasteiger partial charge in [0.1, 0.15) is 5.69 Å². The third-order valence-electron chi connectivity index (χ3n) is 4.21. The highest BCUT2D eigenvalue weighted by atomic mass is 32.2. The van der Waals surface area contributed by atoms with Gasteiger partial charge >= 0.3 is 0 Å². The number of nitrogens with one attached hydrogen (secondary N) is 1. The zero-order chi connectivity index (χ0) is 18.0. The average molecular weight is 361 g/mol. The van der Waals surface area contributed by atoms with E-state index in [1.54, 1.807) is 24.3 Å². The number of para-hydroxylation sites is 1. The van der Waals surface area contributed by atoms with Crippen LogP contribution in [0, 0.1) is 17.0 Å². The molecule has 0 spiro atoms. The van der Waals surface area contributed by atoms with Crippen LogP contribution >= 0.6 is 0 Å². The molecule has 1 aliphatic heterocycles. The van der Waals surface area contributed by atoms with Gasteiger partial charge in [0.2, 0.25) is 10.0 Å². The molecule has 3 rings (SSSR count). The minimum absolute atomic E-state index is 0.0262. The molecule has 2 aromatic carbocycles. The second kappa shape index (κ2) is 6.72. The van der Waals surface area contributed by atoms with Crippen molar-refractivity contribution in [2.45, 2.75) is 19.9 Å². The lowest BCUT2D eigenvalue weighted by molar-refractivity contribution is -0.384. The second-order valence-corrected chi connectivity index (χ2v) is 8.00. The Morgan fingerprint density at radius 2 is 2.00 bits per heavy atom. The number of anilines is 2. The molecule has 0 bridgehead atoms. The summed E-state index contributed by atoms with van der Waals surface area (Å²) in [4.78, 5) is 10.8. The SMILES string of the molecule is Cc1cccc([N+](=O)[O-])c1NCc1cccc(N2CCCS2(=O)=O)c1. The standard InChI is InChI=1S/C17H19N3O4S/c1-13-5-2-8-16(20(21)22)17(13)18-12-14-6-3-7-15(11-14)19-9-4-10-25(19,23)24/h2-3,5-8,11,18H,4,9-10,12H2,1H3. The molecule has 1 aliphatic rings. The fourth-order valence-electron chi connectivity index (χ4n) is 2.98. The Morgan fingerprint density at radius 1 is 1.24 bits per heavy atom. The lowest BCUT2D eigenvalue weighted by atomic mass is 10.1. The van der Waals surface area contributed by atoms with E-state index in [9.17, 15) is 18.5 Å². The monoisotopic (exact) mass is 361 g/mol. The Morgan fingerprint density at radius 3 is 2.68 bits per heavy atom. The van der Waals surface area contributed by atoms with Crippen LogP contribution in [-0.2, 0) is 16.6 Å². The fraction of sp³-hybridized carbons (Fsp3) is 0.294. The first kappa shape index (κ1) is 17.2. The molecule has 1 N–H and O–H groups in total. The molecule has 1 heterocycles. The van der Waals surface area contributed by atoms with Crippen molar-refractivity contribution in [3.05, 3.63) is 63.7 Å². The summed E-state index contributed by atoms with van der Waals surface area (Å²) >= 11 is 0. The maximum Gasteiger partial charge on any atom is 0.292 e. The van der Waals surface area contributed by atoms with E-state index in [0.717, 1.165) is 11.1 Å². The van der Waals surface area contributed by atoms with E-state index < -0.39 is 14.9 Å². The van der Waals surface area contributed by atoms with Gasteiger partial charge in [-0.15, -0.1) is 0 Å². The minimum atomic E-state index is -3.23. The number of hydrogen-bond acceptors (Lipinski definition) is 5. The Labute approximate surface area is 146 Å². The highest BCUT2D eigenvalue weighted by Crippen LogP contribution is 2.29. The fourth-order valence-corrected chi connectivity index (χ4v) is 4.53. The van der Waals surface area contributed by atoms with E-state index in [-0.39, 0.29) is 11.4 Å². The van der Waals surface area contributed by atoms with Gasteiger partial charge in [-0.3, -0.25) is 14.4 Å². The van der Waals surface area contributed by atoms with Crippen LogP contribution in [0.25, 0.3) is 0 Å². The first-order valence-corrected chi connectivity index (χ1v) is 9.56. The molecule has 1 fully saturated rings. The number of sulfonamides is 1. The third-order valence-corrected chi connectivity index (χ3v) is 6.08. The lowest BCUT2D eigenvalue weighted by Gasteiger charge is -2.18. The van der Waals surface area contributed by atoms with Crippen LogP contribution in [0.2, 0.25) is 0 Å². The second-order valence-electron chi connectivity index (χ2n) is 5.99. The van der Waals surface area contributed by atoms with Gasteiger partial charge in [0.25, 0.3) is 5.69 Å². The Bertz CT molecular complexity index is 912. The summed E-state index contributed by atoms with van der Waals surface area (Å²) in [5, 5.41) is 14.3. The summed E-state index contributed by atoms with van der Waals surface area (Å²) in [6.45, 7) is 2.67. The van der Waals surface area contributed by atoms with Crippen LogP contribution in [-0.4, -0.2) is 25.6 Å². The Kier molecular flexibility index (Phi) is 4.63. The van der Waals surface area contributed by atoms with Gasteiger partial charge in [-0.1, -0.05) is 24.3 Å². The van der Waals surface area contributed by atoms with Crippen LogP contribution < -0.4 is 9.62 Å². The van der Waals surface area contributed by atoms with Crippen molar-refractivity contribution in [2.24, 2.45) is 0 Å². The van der Waals surface area contributed by atoms with E-state index >= 15 is 0 Å². The minimum Gasteiger partial charge on any atom is -0.375 e. The summed E-state index contributed by atoms with van der Waals surface area (Å²) in [5.41, 5.74) is 2.78. The summed E-state index contributed by atoms with van der Waals surface area (Å²) < 4.78 is 25.5. The number of nitro groups is 1. The molecule has 2 aromatic rings. The molecule has 7 nitrogen and oxygen atoms in total. The molecule has 0 unspecified atom stereocenters. The summed E-state index contributed by atoms with van der Waals surface area (Å²) in [6.07, 6.45) is 0.625. The van der Waals surface area contributed by atoms with Crippen molar-refractivity contribution >= 4 is 27.1 Å². The van der Waals surface area contributed by atoms with Gasteiger partial charge in [0, 0.05) is 19.2 Å². The number of benzene rings is 2. The lowest BCUT2D eigenvalue weighted by Crippen LogP contribution is -2.25. The molecule has 0 aromatic heterocycles. The van der Waals surface area contributed by atoms with Gasteiger partial charge < -0.3 is 5.32 Å². The van der Waals surface area contributed by atoms with Gasteiger partial charge in [0.15, 0.2) is 0 Å². The van der Waals surface area contributed by atoms with Crippen LogP contribution in [0.4, 0.5) is 17.1 Å². The molecule has 0 atom stereocenters. The van der Waals surface area contributed by atoms with E-state index in [0.29, 0.717) is 30.9 Å². The highest BCUT2D eigenvalue weighted by molar-refractivity contribution is 7.93. The van der Waals surface area contributed by atoms with Gasteiger partial charge in [-0.05, 0) is 36.6 Å². The van der Waals surface area contributed by atoms with Crippen molar-refractivity contribution in [1.29, 1.82) is 0 Å². The van der Waals surface area contributed by atoms with Gasteiger partial charge in [0.05, 0.1) is 16.4 Å². The van der Waals surface area contributed by atoms with Gasteiger partial charge in [-0.2, -0.15) is 0 Å². The number of hydrogen-bond donors (Lipinski definition) is 1. The quantitative estimate of drug-likeness (QED) is 0.653. The molecule has 0 amide bonds. The summed E-state index contributed by atoms with van der Waals surface area (Å²) in [7, 11) is -3.23. The molecule has 0 aliphatic carbocycles. The largest absolute Gasteiger partial charge is 0.375 e. The maximum atomic E-state index is 12.1. The zero-order valence-corrected chi connectivity index (χ0v) is 14.6. The van der Waals surface area contributed by atoms with Crippen molar-refractivity contribution < 1.29 is 13.3 Å².